The van der Waals surface area contributed by atoms with Gasteiger partial charge in [0.1, 0.15) is 0 Å². The van der Waals surface area contributed by atoms with E-state index >= 15 is 0 Å². The molecule has 0 radical (unpaired) electrons. The lowest BCUT2D eigenvalue weighted by Crippen LogP contribution is -2.48. The summed E-state index contributed by atoms with van der Waals surface area (Å²) in [6.45, 7) is 5.35. The van der Waals surface area contributed by atoms with E-state index in [1.165, 1.54) is 18.4 Å². The van der Waals surface area contributed by atoms with Gasteiger partial charge in [-0.15, -0.1) is 0 Å². The van der Waals surface area contributed by atoms with Crippen LogP contribution in [0.4, 0.5) is 0 Å². The van der Waals surface area contributed by atoms with Gasteiger partial charge in [-0.05, 0) is 63.7 Å². The first-order valence-electron chi connectivity index (χ1n) is 8.46. The molecule has 1 aliphatic heterocycles. The number of hydrogen-bond acceptors (Lipinski definition) is 3. The zero-order valence-electron chi connectivity index (χ0n) is 13.6. The maximum absolute atomic E-state index is 12.1. The van der Waals surface area contributed by atoms with Crippen LogP contribution in [0, 0.1) is 5.92 Å². The van der Waals surface area contributed by atoms with Gasteiger partial charge in [0.15, 0.2) is 0 Å². The molecular formula is C18H29N3O. The van der Waals surface area contributed by atoms with Crippen molar-refractivity contribution in [3.63, 3.8) is 0 Å². The summed E-state index contributed by atoms with van der Waals surface area (Å²) in [5, 5.41) is 2.97. The Balaban J connectivity index is 1.73. The predicted molar refractivity (Wildman–Crippen MR) is 90.6 cm³/mol. The molecule has 2 rings (SSSR count). The summed E-state index contributed by atoms with van der Waals surface area (Å²) in [5.74, 6) is 0.876. The molecule has 4 heteroatoms. The lowest BCUT2D eigenvalue weighted by Gasteiger charge is -2.35. The molecule has 4 nitrogen and oxygen atoms in total. The number of rotatable bonds is 7. The van der Waals surface area contributed by atoms with E-state index < -0.39 is 0 Å². The standard InChI is InChI=1S/C18H29N3O/c1-15(18(22)20-11-5-10-19)21-12-8-17(9-13-21)14-16-6-3-2-4-7-16/h2-4,6-7,15,17H,5,8-14,19H2,1H3,(H,20,22). The molecule has 3 N–H and O–H groups in total. The van der Waals surface area contributed by atoms with Crippen molar-refractivity contribution in [1.29, 1.82) is 0 Å². The summed E-state index contributed by atoms with van der Waals surface area (Å²) < 4.78 is 0. The van der Waals surface area contributed by atoms with Crippen LogP contribution in [0.15, 0.2) is 30.3 Å². The summed E-state index contributed by atoms with van der Waals surface area (Å²) in [7, 11) is 0. The van der Waals surface area contributed by atoms with E-state index in [0.29, 0.717) is 13.1 Å². The molecular weight excluding hydrogens is 274 g/mol. The van der Waals surface area contributed by atoms with Gasteiger partial charge >= 0.3 is 0 Å². The first-order valence-corrected chi connectivity index (χ1v) is 8.46. The fourth-order valence-corrected chi connectivity index (χ4v) is 3.12. The minimum absolute atomic E-state index is 0.0320. The van der Waals surface area contributed by atoms with E-state index in [9.17, 15) is 4.79 Å². The van der Waals surface area contributed by atoms with Gasteiger partial charge < -0.3 is 11.1 Å². The quantitative estimate of drug-likeness (QED) is 0.755. The SMILES string of the molecule is CC(C(=O)NCCCN)N1CCC(Cc2ccccc2)CC1. The second-order valence-electron chi connectivity index (χ2n) is 6.28. The number of carbonyl (C=O) groups is 1. The normalized spacial score (nSPS) is 18.1. The molecule has 1 saturated heterocycles. The molecule has 1 heterocycles. The molecule has 0 aromatic heterocycles. The van der Waals surface area contributed by atoms with E-state index in [2.05, 4.69) is 40.5 Å². The monoisotopic (exact) mass is 303 g/mol. The van der Waals surface area contributed by atoms with Gasteiger partial charge in [-0.25, -0.2) is 0 Å². The molecule has 1 fully saturated rings. The molecule has 0 saturated carbocycles. The van der Waals surface area contributed by atoms with Crippen molar-refractivity contribution >= 4 is 5.91 Å². The Kier molecular flexibility index (Phi) is 6.87. The van der Waals surface area contributed by atoms with Crippen LogP contribution in [0.25, 0.3) is 0 Å². The summed E-state index contributed by atoms with van der Waals surface area (Å²) in [6.07, 6.45) is 4.36. The average Bonchev–Trinajstić information content (AvgIpc) is 2.56. The van der Waals surface area contributed by atoms with Crippen molar-refractivity contribution in [2.24, 2.45) is 11.7 Å². The molecule has 1 aromatic rings. The van der Waals surface area contributed by atoms with E-state index in [1.807, 2.05) is 6.92 Å². The van der Waals surface area contributed by atoms with Crippen molar-refractivity contribution in [2.45, 2.75) is 38.6 Å². The second kappa shape index (κ2) is 8.91. The van der Waals surface area contributed by atoms with Crippen LogP contribution in [0.1, 0.15) is 31.7 Å². The van der Waals surface area contributed by atoms with Crippen LogP contribution >= 0.6 is 0 Å². The number of nitrogens with zero attached hydrogens (tertiary/aromatic N) is 1. The Morgan fingerprint density at radius 1 is 1.32 bits per heavy atom. The van der Waals surface area contributed by atoms with Crippen molar-refractivity contribution in [1.82, 2.24) is 10.2 Å². The van der Waals surface area contributed by atoms with Gasteiger partial charge in [-0.2, -0.15) is 0 Å². The van der Waals surface area contributed by atoms with Crippen molar-refractivity contribution < 1.29 is 4.79 Å². The molecule has 1 aromatic carbocycles. The molecule has 0 spiro atoms. The fourth-order valence-electron chi connectivity index (χ4n) is 3.12. The number of carbonyl (C=O) groups excluding carboxylic acids is 1. The topological polar surface area (TPSA) is 58.4 Å². The van der Waals surface area contributed by atoms with Crippen LogP contribution in [0.2, 0.25) is 0 Å². The Morgan fingerprint density at radius 3 is 2.64 bits per heavy atom. The number of hydrogen-bond donors (Lipinski definition) is 2. The summed E-state index contributed by atoms with van der Waals surface area (Å²) in [4.78, 5) is 14.4. The third-order valence-corrected chi connectivity index (χ3v) is 4.62. The molecule has 1 unspecified atom stereocenters. The Hall–Kier alpha value is -1.39. The minimum Gasteiger partial charge on any atom is -0.355 e. The molecule has 1 atom stereocenters. The third-order valence-electron chi connectivity index (χ3n) is 4.62. The highest BCUT2D eigenvalue weighted by molar-refractivity contribution is 5.81. The number of nitrogens with one attached hydrogen (secondary N) is 1. The molecule has 0 bridgehead atoms. The fraction of sp³-hybridized carbons (Fsp3) is 0.611. The zero-order valence-corrected chi connectivity index (χ0v) is 13.6. The lowest BCUT2D eigenvalue weighted by atomic mass is 9.89. The first-order chi connectivity index (χ1) is 10.7. The zero-order chi connectivity index (χ0) is 15.8. The minimum atomic E-state index is -0.0320. The highest BCUT2D eigenvalue weighted by Crippen LogP contribution is 2.22. The predicted octanol–water partition coefficient (Wildman–Crippen LogP) is 1.79. The van der Waals surface area contributed by atoms with Crippen LogP contribution in [0.5, 0.6) is 0 Å². The number of amides is 1. The van der Waals surface area contributed by atoms with Gasteiger partial charge in [-0.3, -0.25) is 9.69 Å². The van der Waals surface area contributed by atoms with Crippen molar-refractivity contribution in [3.8, 4) is 0 Å². The molecule has 22 heavy (non-hydrogen) atoms. The molecule has 0 aliphatic carbocycles. The highest BCUT2D eigenvalue weighted by Gasteiger charge is 2.26. The van der Waals surface area contributed by atoms with E-state index in [1.54, 1.807) is 0 Å². The summed E-state index contributed by atoms with van der Waals surface area (Å²) >= 11 is 0. The number of benzene rings is 1. The Bertz CT molecular complexity index is 441. The van der Waals surface area contributed by atoms with E-state index in [4.69, 9.17) is 5.73 Å². The first kappa shape index (κ1) is 17.0. The van der Waals surface area contributed by atoms with E-state index in [-0.39, 0.29) is 11.9 Å². The average molecular weight is 303 g/mol. The molecule has 122 valence electrons. The van der Waals surface area contributed by atoms with E-state index in [0.717, 1.165) is 31.8 Å². The number of piperidine rings is 1. The van der Waals surface area contributed by atoms with Crippen molar-refractivity contribution in [3.05, 3.63) is 35.9 Å². The van der Waals surface area contributed by atoms with Crippen LogP contribution in [-0.2, 0) is 11.2 Å². The Morgan fingerprint density at radius 2 is 2.00 bits per heavy atom. The summed E-state index contributed by atoms with van der Waals surface area (Å²) in [6, 6.07) is 10.7. The van der Waals surface area contributed by atoms with Gasteiger partial charge in [0.05, 0.1) is 6.04 Å². The van der Waals surface area contributed by atoms with Crippen LogP contribution < -0.4 is 11.1 Å². The van der Waals surface area contributed by atoms with Gasteiger partial charge in [0, 0.05) is 6.54 Å². The third kappa shape index (κ3) is 5.11. The molecule has 1 aliphatic rings. The maximum Gasteiger partial charge on any atom is 0.237 e. The Labute approximate surface area is 134 Å². The van der Waals surface area contributed by atoms with Crippen LogP contribution in [0.3, 0.4) is 0 Å². The van der Waals surface area contributed by atoms with Gasteiger partial charge in [0.25, 0.3) is 0 Å². The lowest BCUT2D eigenvalue weighted by molar-refractivity contribution is -0.126. The largest absolute Gasteiger partial charge is 0.355 e. The van der Waals surface area contributed by atoms with Gasteiger partial charge in [0.2, 0.25) is 5.91 Å². The smallest absolute Gasteiger partial charge is 0.237 e. The second-order valence-corrected chi connectivity index (χ2v) is 6.28. The maximum atomic E-state index is 12.1. The van der Waals surface area contributed by atoms with Gasteiger partial charge in [-0.1, -0.05) is 30.3 Å². The van der Waals surface area contributed by atoms with Crippen molar-refractivity contribution in [2.75, 3.05) is 26.2 Å². The highest BCUT2D eigenvalue weighted by atomic mass is 16.2. The molecule has 1 amide bonds. The number of nitrogens with two attached hydrogens (primary N) is 1. The van der Waals surface area contributed by atoms with Crippen LogP contribution in [-0.4, -0.2) is 43.0 Å². The summed E-state index contributed by atoms with van der Waals surface area (Å²) in [5.41, 5.74) is 6.88. The number of likely N-dealkylation sites (tertiary alicyclic amines) is 1.